The number of carbonyl (C=O) groups excluding carboxylic acids is 1. The molecule has 0 heterocycles. The van der Waals surface area contributed by atoms with Crippen molar-refractivity contribution in [2.75, 3.05) is 5.43 Å². The van der Waals surface area contributed by atoms with Crippen LogP contribution < -0.4 is 10.9 Å². The number of hydrogen-bond acceptors (Lipinski definition) is 2. The number of halogens is 4. The van der Waals surface area contributed by atoms with E-state index < -0.39 is 23.6 Å². The minimum atomic E-state index is -4.41. The van der Waals surface area contributed by atoms with Gasteiger partial charge in [-0.25, -0.2) is 0 Å². The molecule has 3 nitrogen and oxygen atoms in total. The minimum Gasteiger partial charge on any atom is -0.299 e. The van der Waals surface area contributed by atoms with Crippen LogP contribution in [0.4, 0.5) is 18.9 Å². The third-order valence-electron chi connectivity index (χ3n) is 3.97. The second-order valence-electron chi connectivity index (χ2n) is 5.65. The molecule has 2 aromatic rings. The molecule has 2 aromatic carbocycles. The van der Waals surface area contributed by atoms with Crippen molar-refractivity contribution in [2.24, 2.45) is 5.92 Å². The minimum absolute atomic E-state index is 0.189. The maximum atomic E-state index is 13.0. The van der Waals surface area contributed by atoms with Gasteiger partial charge in [-0.2, -0.15) is 13.2 Å². The second kappa shape index (κ2) is 6.47. The number of anilines is 1. The van der Waals surface area contributed by atoms with Crippen LogP contribution in [0.2, 0.25) is 0 Å². The van der Waals surface area contributed by atoms with Crippen LogP contribution >= 0.6 is 15.9 Å². The topological polar surface area (TPSA) is 41.1 Å². The molecule has 0 radical (unpaired) electrons. The monoisotopic (exact) mass is 398 g/mol. The molecule has 0 saturated heterocycles. The fraction of sp³-hybridized carbons (Fsp3) is 0.235. The molecule has 3 rings (SSSR count). The molecule has 0 aliphatic heterocycles. The van der Waals surface area contributed by atoms with Crippen LogP contribution in [-0.2, 0) is 11.0 Å². The number of amides is 1. The van der Waals surface area contributed by atoms with Crippen molar-refractivity contribution >= 4 is 27.5 Å². The first-order chi connectivity index (χ1) is 11.4. The molecular weight excluding hydrogens is 385 g/mol. The predicted molar refractivity (Wildman–Crippen MR) is 88.2 cm³/mol. The number of carbonyl (C=O) groups is 1. The van der Waals surface area contributed by atoms with E-state index in [0.29, 0.717) is 12.1 Å². The normalized spacial score (nSPS) is 19.7. The highest BCUT2D eigenvalue weighted by Crippen LogP contribution is 2.50. The Kier molecular flexibility index (Phi) is 4.54. The van der Waals surface area contributed by atoms with E-state index in [2.05, 4.69) is 26.8 Å². The van der Waals surface area contributed by atoms with E-state index in [1.165, 1.54) is 12.1 Å². The van der Waals surface area contributed by atoms with Gasteiger partial charge in [0, 0.05) is 10.4 Å². The van der Waals surface area contributed by atoms with Gasteiger partial charge in [-0.15, -0.1) is 0 Å². The van der Waals surface area contributed by atoms with Crippen LogP contribution in [0, 0.1) is 5.92 Å². The Hall–Kier alpha value is -2.02. The van der Waals surface area contributed by atoms with Crippen molar-refractivity contribution < 1.29 is 18.0 Å². The summed E-state index contributed by atoms with van der Waals surface area (Å²) in [6, 6.07) is 12.6. The van der Waals surface area contributed by atoms with Gasteiger partial charge in [0.1, 0.15) is 0 Å². The van der Waals surface area contributed by atoms with Crippen LogP contribution in [0.25, 0.3) is 0 Å². The molecule has 1 amide bonds. The number of hydrazine groups is 1. The van der Waals surface area contributed by atoms with E-state index in [1.54, 1.807) is 18.2 Å². The molecule has 0 spiro atoms. The second-order valence-corrected chi connectivity index (χ2v) is 6.57. The molecule has 0 aromatic heterocycles. The summed E-state index contributed by atoms with van der Waals surface area (Å²) < 4.78 is 40.1. The quantitative estimate of drug-likeness (QED) is 0.731. The lowest BCUT2D eigenvalue weighted by atomic mass is 10.0. The third-order valence-corrected chi connectivity index (χ3v) is 4.50. The summed E-state index contributed by atoms with van der Waals surface area (Å²) in [5.74, 6) is -1.15. The van der Waals surface area contributed by atoms with Crippen molar-refractivity contribution in [3.8, 4) is 0 Å². The molecule has 24 heavy (non-hydrogen) atoms. The molecule has 0 bridgehead atoms. The molecule has 2 unspecified atom stereocenters. The Labute approximate surface area is 145 Å². The average molecular weight is 399 g/mol. The molecule has 1 fully saturated rings. The van der Waals surface area contributed by atoms with Crippen molar-refractivity contribution in [3.63, 3.8) is 0 Å². The Bertz CT molecular complexity index is 746. The zero-order valence-corrected chi connectivity index (χ0v) is 14.0. The summed E-state index contributed by atoms with van der Waals surface area (Å²) >= 11 is 3.31. The first-order valence-electron chi connectivity index (χ1n) is 7.34. The Morgan fingerprint density at radius 2 is 1.75 bits per heavy atom. The van der Waals surface area contributed by atoms with Crippen molar-refractivity contribution in [2.45, 2.75) is 18.5 Å². The fourth-order valence-corrected chi connectivity index (χ4v) is 2.93. The highest BCUT2D eigenvalue weighted by Gasteiger charge is 2.47. The lowest BCUT2D eigenvalue weighted by molar-refractivity contribution is -0.138. The molecule has 1 saturated carbocycles. The molecule has 2 atom stereocenters. The van der Waals surface area contributed by atoms with E-state index >= 15 is 0 Å². The SMILES string of the molecule is O=C(NNc1ccc(Br)cc1)C1CC1c1ccccc1C(F)(F)F. The van der Waals surface area contributed by atoms with Crippen molar-refractivity contribution in [1.82, 2.24) is 5.43 Å². The van der Waals surface area contributed by atoms with Gasteiger partial charge in [-0.1, -0.05) is 34.1 Å². The zero-order valence-electron chi connectivity index (χ0n) is 12.4. The van der Waals surface area contributed by atoms with Gasteiger partial charge in [-0.3, -0.25) is 15.6 Å². The average Bonchev–Trinajstić information content (AvgIpc) is 3.34. The predicted octanol–water partition coefficient (Wildman–Crippen LogP) is 4.71. The summed E-state index contributed by atoms with van der Waals surface area (Å²) in [5, 5.41) is 0. The van der Waals surface area contributed by atoms with Gasteiger partial charge in [0.25, 0.3) is 0 Å². The fourth-order valence-electron chi connectivity index (χ4n) is 2.67. The van der Waals surface area contributed by atoms with Crippen LogP contribution in [-0.4, -0.2) is 5.91 Å². The van der Waals surface area contributed by atoms with Gasteiger partial charge in [0.15, 0.2) is 0 Å². The van der Waals surface area contributed by atoms with E-state index in [-0.39, 0.29) is 11.5 Å². The highest BCUT2D eigenvalue weighted by atomic mass is 79.9. The summed E-state index contributed by atoms with van der Waals surface area (Å²) in [4.78, 5) is 12.1. The number of rotatable bonds is 4. The maximum absolute atomic E-state index is 13.0. The third kappa shape index (κ3) is 3.72. The highest BCUT2D eigenvalue weighted by molar-refractivity contribution is 9.10. The molecule has 1 aliphatic rings. The van der Waals surface area contributed by atoms with E-state index in [9.17, 15) is 18.0 Å². The zero-order chi connectivity index (χ0) is 17.3. The van der Waals surface area contributed by atoms with Crippen LogP contribution in [0.3, 0.4) is 0 Å². The summed E-state index contributed by atoms with van der Waals surface area (Å²) in [5.41, 5.74) is 5.54. The largest absolute Gasteiger partial charge is 0.416 e. The van der Waals surface area contributed by atoms with Gasteiger partial charge in [0.05, 0.1) is 11.3 Å². The molecule has 1 aliphatic carbocycles. The van der Waals surface area contributed by atoms with E-state index in [0.717, 1.165) is 10.5 Å². The van der Waals surface area contributed by atoms with E-state index in [4.69, 9.17) is 0 Å². The molecular formula is C17H14BrF3N2O. The number of alkyl halides is 3. The number of hydrogen-bond donors (Lipinski definition) is 2. The summed E-state index contributed by atoms with van der Waals surface area (Å²) in [6.45, 7) is 0. The van der Waals surface area contributed by atoms with Gasteiger partial charge < -0.3 is 0 Å². The first kappa shape index (κ1) is 16.8. The van der Waals surface area contributed by atoms with Gasteiger partial charge >= 0.3 is 6.18 Å². The summed E-state index contributed by atoms with van der Waals surface area (Å²) in [7, 11) is 0. The Morgan fingerprint density at radius 1 is 1.08 bits per heavy atom. The maximum Gasteiger partial charge on any atom is 0.416 e. The van der Waals surface area contributed by atoms with Crippen LogP contribution in [0.15, 0.2) is 53.0 Å². The molecule has 2 N–H and O–H groups in total. The number of benzene rings is 2. The lowest BCUT2D eigenvalue weighted by Gasteiger charge is -2.13. The molecule has 126 valence electrons. The Balaban J connectivity index is 1.63. The van der Waals surface area contributed by atoms with E-state index in [1.807, 2.05) is 12.1 Å². The van der Waals surface area contributed by atoms with Gasteiger partial charge in [0.2, 0.25) is 5.91 Å². The standard InChI is InChI=1S/C17H14BrF3N2O/c18-10-5-7-11(8-6-10)22-23-16(24)14-9-13(14)12-3-1-2-4-15(12)17(19,20)21/h1-8,13-14,22H,9H2,(H,23,24). The van der Waals surface area contributed by atoms with Gasteiger partial charge in [-0.05, 0) is 48.2 Å². The number of nitrogens with one attached hydrogen (secondary N) is 2. The lowest BCUT2D eigenvalue weighted by Crippen LogP contribution is -2.31. The summed E-state index contributed by atoms with van der Waals surface area (Å²) in [6.07, 6.45) is -3.99. The Morgan fingerprint density at radius 3 is 2.42 bits per heavy atom. The van der Waals surface area contributed by atoms with Crippen LogP contribution in [0.1, 0.15) is 23.5 Å². The van der Waals surface area contributed by atoms with Crippen molar-refractivity contribution in [1.29, 1.82) is 0 Å². The molecule has 7 heteroatoms. The van der Waals surface area contributed by atoms with Crippen LogP contribution in [0.5, 0.6) is 0 Å². The smallest absolute Gasteiger partial charge is 0.299 e. The first-order valence-corrected chi connectivity index (χ1v) is 8.13. The van der Waals surface area contributed by atoms with Crippen molar-refractivity contribution in [3.05, 3.63) is 64.1 Å².